The van der Waals surface area contributed by atoms with Crippen LogP contribution >= 0.6 is 0 Å². The fourth-order valence-corrected chi connectivity index (χ4v) is 1.95. The molecule has 0 spiro atoms. The van der Waals surface area contributed by atoms with Gasteiger partial charge < -0.3 is 15.4 Å². The second-order valence-electron chi connectivity index (χ2n) is 4.68. The Hall–Kier alpha value is -0.610. The summed E-state index contributed by atoms with van der Waals surface area (Å²) >= 11 is 0. The van der Waals surface area contributed by atoms with Gasteiger partial charge in [0.25, 0.3) is 0 Å². The van der Waals surface area contributed by atoms with Crippen LogP contribution in [0.2, 0.25) is 0 Å². The largest absolute Gasteiger partial charge is 0.377 e. The van der Waals surface area contributed by atoms with Crippen LogP contribution in [0.1, 0.15) is 27.2 Å². The van der Waals surface area contributed by atoms with Crippen LogP contribution in [-0.2, 0) is 9.53 Å². The molecule has 1 aliphatic heterocycles. The van der Waals surface area contributed by atoms with Crippen LogP contribution in [0.25, 0.3) is 0 Å². The van der Waals surface area contributed by atoms with Crippen molar-refractivity contribution < 1.29 is 9.53 Å². The summed E-state index contributed by atoms with van der Waals surface area (Å²) in [5, 5.41) is 0. The standard InChI is InChI=1S/C11H22N2O2/c1-8(2)6-10-7-15-5-4-13(10)11(14)9(3)12/h8-10H,4-7,12H2,1-3H3. The Bertz CT molecular complexity index is 217. The van der Waals surface area contributed by atoms with E-state index in [0.717, 1.165) is 6.42 Å². The molecule has 1 aliphatic rings. The minimum absolute atomic E-state index is 0.0453. The molecule has 1 rings (SSSR count). The van der Waals surface area contributed by atoms with E-state index in [2.05, 4.69) is 13.8 Å². The summed E-state index contributed by atoms with van der Waals surface area (Å²) in [5.74, 6) is 0.615. The predicted molar refractivity (Wildman–Crippen MR) is 59.4 cm³/mol. The summed E-state index contributed by atoms with van der Waals surface area (Å²) in [6.45, 7) is 8.01. The number of morpholine rings is 1. The molecule has 2 unspecified atom stereocenters. The third-order valence-corrected chi connectivity index (χ3v) is 2.64. The molecule has 1 amide bonds. The van der Waals surface area contributed by atoms with Crippen molar-refractivity contribution in [2.45, 2.75) is 39.3 Å². The summed E-state index contributed by atoms with van der Waals surface area (Å²) in [7, 11) is 0. The molecule has 88 valence electrons. The lowest BCUT2D eigenvalue weighted by Crippen LogP contribution is -2.53. The topological polar surface area (TPSA) is 55.6 Å². The van der Waals surface area contributed by atoms with Crippen molar-refractivity contribution in [1.82, 2.24) is 4.90 Å². The van der Waals surface area contributed by atoms with Crippen molar-refractivity contribution in [3.05, 3.63) is 0 Å². The van der Waals surface area contributed by atoms with E-state index in [1.165, 1.54) is 0 Å². The molecule has 1 saturated heterocycles. The summed E-state index contributed by atoms with van der Waals surface area (Å²) in [6.07, 6.45) is 0.985. The van der Waals surface area contributed by atoms with E-state index in [1.54, 1.807) is 6.92 Å². The Morgan fingerprint density at radius 3 is 2.73 bits per heavy atom. The number of rotatable bonds is 3. The first-order valence-corrected chi connectivity index (χ1v) is 5.66. The van der Waals surface area contributed by atoms with Gasteiger partial charge in [-0.05, 0) is 19.3 Å². The normalized spacial score (nSPS) is 24.3. The summed E-state index contributed by atoms with van der Waals surface area (Å²) in [5.41, 5.74) is 5.63. The van der Waals surface area contributed by atoms with Gasteiger partial charge in [-0.3, -0.25) is 4.79 Å². The van der Waals surface area contributed by atoms with Crippen LogP contribution in [0.4, 0.5) is 0 Å². The highest BCUT2D eigenvalue weighted by molar-refractivity contribution is 5.81. The quantitative estimate of drug-likeness (QED) is 0.749. The minimum atomic E-state index is -0.405. The zero-order valence-corrected chi connectivity index (χ0v) is 9.90. The lowest BCUT2D eigenvalue weighted by Gasteiger charge is -2.37. The van der Waals surface area contributed by atoms with E-state index < -0.39 is 6.04 Å². The SMILES string of the molecule is CC(C)CC1COCCN1C(=O)C(C)N. The minimum Gasteiger partial charge on any atom is -0.377 e. The zero-order chi connectivity index (χ0) is 11.4. The summed E-state index contributed by atoms with van der Waals surface area (Å²) < 4.78 is 5.41. The fraction of sp³-hybridized carbons (Fsp3) is 0.909. The number of carbonyl (C=O) groups is 1. The fourth-order valence-electron chi connectivity index (χ4n) is 1.95. The number of amides is 1. The molecule has 0 saturated carbocycles. The van der Waals surface area contributed by atoms with Gasteiger partial charge in [0.15, 0.2) is 0 Å². The van der Waals surface area contributed by atoms with Crippen molar-refractivity contribution in [1.29, 1.82) is 0 Å². The van der Waals surface area contributed by atoms with Crippen LogP contribution in [0.15, 0.2) is 0 Å². The monoisotopic (exact) mass is 214 g/mol. The van der Waals surface area contributed by atoms with Gasteiger partial charge in [-0.15, -0.1) is 0 Å². The number of ether oxygens (including phenoxy) is 1. The number of nitrogens with two attached hydrogens (primary N) is 1. The molecule has 15 heavy (non-hydrogen) atoms. The van der Waals surface area contributed by atoms with Crippen molar-refractivity contribution in [3.8, 4) is 0 Å². The van der Waals surface area contributed by atoms with Crippen molar-refractivity contribution in [2.75, 3.05) is 19.8 Å². The third kappa shape index (κ3) is 3.47. The zero-order valence-electron chi connectivity index (χ0n) is 9.90. The maximum absolute atomic E-state index is 11.8. The summed E-state index contributed by atoms with van der Waals surface area (Å²) in [4.78, 5) is 13.7. The first kappa shape index (κ1) is 12.5. The van der Waals surface area contributed by atoms with E-state index >= 15 is 0 Å². The van der Waals surface area contributed by atoms with Crippen LogP contribution in [-0.4, -0.2) is 42.6 Å². The number of carbonyl (C=O) groups excluding carboxylic acids is 1. The van der Waals surface area contributed by atoms with Crippen molar-refractivity contribution in [3.63, 3.8) is 0 Å². The maximum atomic E-state index is 11.8. The molecule has 0 aromatic rings. The van der Waals surface area contributed by atoms with Gasteiger partial charge in [0.2, 0.25) is 5.91 Å². The van der Waals surface area contributed by atoms with Crippen LogP contribution < -0.4 is 5.73 Å². The van der Waals surface area contributed by atoms with E-state index in [1.807, 2.05) is 4.90 Å². The highest BCUT2D eigenvalue weighted by Gasteiger charge is 2.29. The van der Waals surface area contributed by atoms with Crippen LogP contribution in [0.5, 0.6) is 0 Å². The average Bonchev–Trinajstić information content (AvgIpc) is 2.16. The second-order valence-corrected chi connectivity index (χ2v) is 4.68. The Labute approximate surface area is 91.8 Å². The molecule has 4 heteroatoms. The van der Waals surface area contributed by atoms with Crippen LogP contribution in [0.3, 0.4) is 0 Å². The van der Waals surface area contributed by atoms with Gasteiger partial charge in [-0.2, -0.15) is 0 Å². The number of nitrogens with zero attached hydrogens (tertiary/aromatic N) is 1. The molecular formula is C11H22N2O2. The Kier molecular flexibility index (Phi) is 4.54. The molecule has 0 bridgehead atoms. The smallest absolute Gasteiger partial charge is 0.239 e. The lowest BCUT2D eigenvalue weighted by atomic mass is 10.0. The first-order chi connectivity index (χ1) is 7.02. The number of hydrogen-bond acceptors (Lipinski definition) is 3. The molecule has 2 atom stereocenters. The Balaban J connectivity index is 2.61. The maximum Gasteiger partial charge on any atom is 0.239 e. The van der Waals surface area contributed by atoms with Crippen molar-refractivity contribution in [2.24, 2.45) is 11.7 Å². The van der Waals surface area contributed by atoms with Gasteiger partial charge >= 0.3 is 0 Å². The third-order valence-electron chi connectivity index (χ3n) is 2.64. The molecule has 1 fully saturated rings. The highest BCUT2D eigenvalue weighted by Crippen LogP contribution is 2.16. The average molecular weight is 214 g/mol. The van der Waals surface area contributed by atoms with Gasteiger partial charge in [0.1, 0.15) is 0 Å². The summed E-state index contributed by atoms with van der Waals surface area (Å²) in [6, 6.07) is -0.199. The Morgan fingerprint density at radius 1 is 1.53 bits per heavy atom. The lowest BCUT2D eigenvalue weighted by molar-refractivity contribution is -0.141. The predicted octanol–water partition coefficient (Wildman–Crippen LogP) is 0.607. The van der Waals surface area contributed by atoms with E-state index in [0.29, 0.717) is 25.7 Å². The molecule has 1 heterocycles. The molecule has 0 aromatic heterocycles. The molecule has 0 radical (unpaired) electrons. The van der Waals surface area contributed by atoms with Gasteiger partial charge in [-0.1, -0.05) is 13.8 Å². The highest BCUT2D eigenvalue weighted by atomic mass is 16.5. The molecule has 2 N–H and O–H groups in total. The Morgan fingerprint density at radius 2 is 2.20 bits per heavy atom. The van der Waals surface area contributed by atoms with Crippen molar-refractivity contribution >= 4 is 5.91 Å². The van der Waals surface area contributed by atoms with E-state index in [9.17, 15) is 4.79 Å². The molecular weight excluding hydrogens is 192 g/mol. The van der Waals surface area contributed by atoms with Gasteiger partial charge in [-0.25, -0.2) is 0 Å². The first-order valence-electron chi connectivity index (χ1n) is 5.66. The molecule has 0 aromatic carbocycles. The van der Waals surface area contributed by atoms with Crippen LogP contribution in [0, 0.1) is 5.92 Å². The number of hydrogen-bond donors (Lipinski definition) is 1. The van der Waals surface area contributed by atoms with Gasteiger partial charge in [0, 0.05) is 6.54 Å². The van der Waals surface area contributed by atoms with Gasteiger partial charge in [0.05, 0.1) is 25.3 Å². The van der Waals surface area contributed by atoms with E-state index in [4.69, 9.17) is 10.5 Å². The molecule has 0 aliphatic carbocycles. The second kappa shape index (κ2) is 5.47. The van der Waals surface area contributed by atoms with E-state index in [-0.39, 0.29) is 11.9 Å². The molecule has 4 nitrogen and oxygen atoms in total.